The van der Waals surface area contributed by atoms with Gasteiger partial charge in [0.05, 0.1) is 7.11 Å². The van der Waals surface area contributed by atoms with Gasteiger partial charge in [-0.1, -0.05) is 42.9 Å². The molecule has 0 unspecified atom stereocenters. The van der Waals surface area contributed by atoms with E-state index in [1.54, 1.807) is 13.8 Å². The molecule has 0 radical (unpaired) electrons. The van der Waals surface area contributed by atoms with Crippen molar-refractivity contribution < 1.29 is 17.9 Å². The van der Waals surface area contributed by atoms with Crippen LogP contribution in [0.2, 0.25) is 0 Å². The number of sulfonamides is 1. The first-order valence-corrected chi connectivity index (χ1v) is 7.52. The smallest absolute Gasteiger partial charge is 0.324 e. The third-order valence-electron chi connectivity index (χ3n) is 2.25. The van der Waals surface area contributed by atoms with E-state index in [0.717, 1.165) is 9.71 Å². The van der Waals surface area contributed by atoms with Crippen LogP contribution < -0.4 is 0 Å². The molecular weight excluding hydrogens is 322 g/mol. The van der Waals surface area contributed by atoms with Gasteiger partial charge in [-0.2, -0.15) is 4.31 Å². The first-order valence-electron chi connectivity index (χ1n) is 5.22. The molecule has 0 aromatic heterocycles. The van der Waals surface area contributed by atoms with Crippen molar-refractivity contribution in [3.05, 3.63) is 23.0 Å². The number of hydrogen-bond acceptors (Lipinski definition) is 4. The number of esters is 1. The van der Waals surface area contributed by atoms with Gasteiger partial charge in [0, 0.05) is 16.4 Å². The highest BCUT2D eigenvalue weighted by Crippen LogP contribution is 2.20. The summed E-state index contributed by atoms with van der Waals surface area (Å²) in [6.45, 7) is 10.3. The number of carbonyl (C=O) groups excluding carboxylic acids is 1. The van der Waals surface area contributed by atoms with Crippen LogP contribution in [0.4, 0.5) is 0 Å². The largest absolute Gasteiger partial charge is 0.468 e. The summed E-state index contributed by atoms with van der Waals surface area (Å²) in [6, 6.07) is -0.910. The highest BCUT2D eigenvalue weighted by atomic mass is 79.9. The molecule has 18 heavy (non-hydrogen) atoms. The predicted molar refractivity (Wildman–Crippen MR) is 74.5 cm³/mol. The van der Waals surface area contributed by atoms with Crippen molar-refractivity contribution in [1.82, 2.24) is 4.31 Å². The molecule has 0 bridgehead atoms. The molecule has 104 valence electrons. The zero-order valence-corrected chi connectivity index (χ0v) is 13.1. The molecule has 0 saturated carbocycles. The molecule has 0 aliphatic heterocycles. The minimum absolute atomic E-state index is 0.0215. The quantitative estimate of drug-likeness (QED) is 0.664. The lowest BCUT2D eigenvalue weighted by molar-refractivity contribution is -0.146. The van der Waals surface area contributed by atoms with Crippen LogP contribution in [0.1, 0.15) is 13.8 Å². The first-order chi connectivity index (χ1) is 8.17. The van der Waals surface area contributed by atoms with Gasteiger partial charge in [-0.15, -0.1) is 0 Å². The molecule has 0 aliphatic carbocycles. The number of hydrogen-bond donors (Lipinski definition) is 0. The van der Waals surface area contributed by atoms with Crippen molar-refractivity contribution in [2.45, 2.75) is 19.9 Å². The molecule has 0 aromatic rings. The predicted octanol–water partition coefficient (Wildman–Crippen LogP) is 1.87. The number of carbonyl (C=O) groups is 1. The van der Waals surface area contributed by atoms with Crippen molar-refractivity contribution in [1.29, 1.82) is 0 Å². The zero-order valence-electron chi connectivity index (χ0n) is 10.7. The summed E-state index contributed by atoms with van der Waals surface area (Å²) in [5.74, 6) is -0.844. The lowest BCUT2D eigenvalue weighted by Gasteiger charge is -2.30. The Kier molecular flexibility index (Phi) is 6.80. The standard InChI is InChI=1S/C11H18BrNO4S/c1-6-18(15,16)13(7-9(4)12)10(8(2)3)11(14)17-5/h6,8,10H,1,4,7H2,2-3,5H3/t10-/m1/s1. The maximum atomic E-state index is 11.9. The second kappa shape index (κ2) is 7.06. The average molecular weight is 340 g/mol. The van der Waals surface area contributed by atoms with Gasteiger partial charge in [0.1, 0.15) is 6.04 Å². The Hall–Kier alpha value is -0.660. The molecule has 0 heterocycles. The maximum Gasteiger partial charge on any atom is 0.324 e. The summed E-state index contributed by atoms with van der Waals surface area (Å²) >= 11 is 3.10. The number of methoxy groups -OCH3 is 1. The molecule has 0 aromatic carbocycles. The Morgan fingerprint density at radius 2 is 2.00 bits per heavy atom. The Morgan fingerprint density at radius 3 is 2.28 bits per heavy atom. The molecule has 7 heteroatoms. The lowest BCUT2D eigenvalue weighted by atomic mass is 10.0. The van der Waals surface area contributed by atoms with Gasteiger partial charge in [-0.05, 0) is 5.92 Å². The third kappa shape index (κ3) is 4.55. The van der Waals surface area contributed by atoms with Crippen LogP contribution >= 0.6 is 15.9 Å². The third-order valence-corrected chi connectivity index (χ3v) is 3.93. The van der Waals surface area contributed by atoms with Gasteiger partial charge in [-0.3, -0.25) is 4.79 Å². The average Bonchev–Trinajstić information content (AvgIpc) is 2.26. The SMILES string of the molecule is C=CS(=O)(=O)N(CC(=C)Br)[C@@H](C(=O)OC)C(C)C. The van der Waals surface area contributed by atoms with E-state index in [9.17, 15) is 13.2 Å². The van der Waals surface area contributed by atoms with Gasteiger partial charge >= 0.3 is 5.97 Å². The van der Waals surface area contributed by atoms with Crippen LogP contribution in [0, 0.1) is 5.92 Å². The Morgan fingerprint density at radius 1 is 1.50 bits per heavy atom. The minimum atomic E-state index is -3.75. The van der Waals surface area contributed by atoms with E-state index < -0.39 is 22.0 Å². The summed E-state index contributed by atoms with van der Waals surface area (Å²) in [4.78, 5) is 11.7. The van der Waals surface area contributed by atoms with E-state index in [-0.39, 0.29) is 12.5 Å². The number of halogens is 1. The normalized spacial score (nSPS) is 13.4. The van der Waals surface area contributed by atoms with Crippen LogP contribution in [-0.2, 0) is 19.6 Å². The fraction of sp³-hybridized carbons (Fsp3) is 0.545. The molecule has 0 N–H and O–H groups in total. The second-order valence-electron chi connectivity index (χ2n) is 3.99. The van der Waals surface area contributed by atoms with E-state index in [1.165, 1.54) is 7.11 Å². The van der Waals surface area contributed by atoms with Crippen LogP contribution in [-0.4, -0.2) is 38.4 Å². The zero-order chi connectivity index (χ0) is 14.5. The molecule has 0 aliphatic rings. The Bertz CT molecular complexity index is 430. The van der Waals surface area contributed by atoms with Crippen molar-refractivity contribution >= 4 is 31.9 Å². The van der Waals surface area contributed by atoms with Gasteiger partial charge in [0.25, 0.3) is 0 Å². The van der Waals surface area contributed by atoms with Gasteiger partial charge in [0.15, 0.2) is 0 Å². The monoisotopic (exact) mass is 339 g/mol. The molecular formula is C11H18BrNO4S. The molecule has 1 atom stereocenters. The fourth-order valence-electron chi connectivity index (χ4n) is 1.45. The van der Waals surface area contributed by atoms with Crippen LogP contribution in [0.3, 0.4) is 0 Å². The summed E-state index contributed by atoms with van der Waals surface area (Å²) < 4.78 is 30.0. The van der Waals surface area contributed by atoms with Crippen molar-refractivity contribution in [3.63, 3.8) is 0 Å². The van der Waals surface area contributed by atoms with Crippen molar-refractivity contribution in [3.8, 4) is 0 Å². The van der Waals surface area contributed by atoms with E-state index in [4.69, 9.17) is 0 Å². The number of nitrogens with zero attached hydrogens (tertiary/aromatic N) is 1. The summed E-state index contributed by atoms with van der Waals surface area (Å²) in [5.41, 5.74) is 0. The minimum Gasteiger partial charge on any atom is -0.468 e. The van der Waals surface area contributed by atoms with Crippen LogP contribution in [0.15, 0.2) is 23.0 Å². The molecule has 0 amide bonds. The highest BCUT2D eigenvalue weighted by molar-refractivity contribution is 9.11. The topological polar surface area (TPSA) is 63.7 Å². The first kappa shape index (κ1) is 17.3. The van der Waals surface area contributed by atoms with E-state index >= 15 is 0 Å². The summed E-state index contributed by atoms with van der Waals surface area (Å²) in [5, 5.41) is 0.807. The van der Waals surface area contributed by atoms with Gasteiger partial charge in [0.2, 0.25) is 10.0 Å². The molecule has 5 nitrogen and oxygen atoms in total. The number of ether oxygens (including phenoxy) is 1. The van der Waals surface area contributed by atoms with E-state index in [1.807, 2.05) is 0 Å². The van der Waals surface area contributed by atoms with Crippen LogP contribution in [0.25, 0.3) is 0 Å². The van der Waals surface area contributed by atoms with Crippen LogP contribution in [0.5, 0.6) is 0 Å². The lowest BCUT2D eigenvalue weighted by Crippen LogP contribution is -2.48. The Balaban J connectivity index is 5.58. The maximum absolute atomic E-state index is 11.9. The van der Waals surface area contributed by atoms with E-state index in [0.29, 0.717) is 4.48 Å². The van der Waals surface area contributed by atoms with Gasteiger partial charge in [-0.25, -0.2) is 8.42 Å². The number of rotatable bonds is 7. The molecule has 0 fully saturated rings. The molecule has 0 saturated heterocycles. The summed E-state index contributed by atoms with van der Waals surface area (Å²) in [7, 11) is -2.53. The second-order valence-corrected chi connectivity index (χ2v) is 6.94. The van der Waals surface area contributed by atoms with E-state index in [2.05, 4.69) is 33.8 Å². The molecule has 0 spiro atoms. The fourth-order valence-corrected chi connectivity index (χ4v) is 3.06. The van der Waals surface area contributed by atoms with Crippen molar-refractivity contribution in [2.75, 3.05) is 13.7 Å². The summed E-state index contributed by atoms with van der Waals surface area (Å²) in [6.07, 6.45) is 0. The molecule has 0 rings (SSSR count). The van der Waals surface area contributed by atoms with Gasteiger partial charge < -0.3 is 4.74 Å². The highest BCUT2D eigenvalue weighted by Gasteiger charge is 2.36. The van der Waals surface area contributed by atoms with Crippen molar-refractivity contribution in [2.24, 2.45) is 5.92 Å². The Labute approximate surface area is 117 Å².